The molecule has 0 aromatic heterocycles. The Bertz CT molecular complexity index is 930. The summed E-state index contributed by atoms with van der Waals surface area (Å²) in [6, 6.07) is 4.35. The van der Waals surface area contributed by atoms with Crippen molar-refractivity contribution in [3.63, 3.8) is 0 Å². The lowest BCUT2D eigenvalue weighted by molar-refractivity contribution is 0.0827. The third-order valence-electron chi connectivity index (χ3n) is 5.58. The maximum Gasteiger partial charge on any atom is 0.253 e. The van der Waals surface area contributed by atoms with Crippen molar-refractivity contribution >= 4 is 33.6 Å². The van der Waals surface area contributed by atoms with E-state index in [1.165, 1.54) is 22.3 Å². The van der Waals surface area contributed by atoms with Crippen LogP contribution in [0, 0.1) is 13.8 Å². The second-order valence-electron chi connectivity index (χ2n) is 8.21. The van der Waals surface area contributed by atoms with E-state index in [-0.39, 0.29) is 5.91 Å². The van der Waals surface area contributed by atoms with Crippen molar-refractivity contribution in [3.05, 3.63) is 75.3 Å². The zero-order chi connectivity index (χ0) is 23.1. The molecular weight excluding hydrogens is 450 g/mol. The van der Waals surface area contributed by atoms with E-state index in [0.717, 1.165) is 35.1 Å². The van der Waals surface area contributed by atoms with E-state index in [2.05, 4.69) is 71.4 Å². The fourth-order valence-corrected chi connectivity index (χ4v) is 4.09. The van der Waals surface area contributed by atoms with Crippen LogP contribution in [0.4, 0.5) is 0 Å². The van der Waals surface area contributed by atoms with Gasteiger partial charge in [-0.3, -0.25) is 14.7 Å². The highest BCUT2D eigenvalue weighted by Gasteiger charge is 2.20. The Morgan fingerprint density at radius 3 is 2.45 bits per heavy atom. The van der Waals surface area contributed by atoms with Crippen molar-refractivity contribution in [1.29, 1.82) is 0 Å². The first-order valence-corrected chi connectivity index (χ1v) is 11.4. The second kappa shape index (κ2) is 11.4. The number of benzene rings is 1. The molecule has 5 heteroatoms. The van der Waals surface area contributed by atoms with Crippen LogP contribution >= 0.6 is 15.9 Å². The fraction of sp³-hybridized carbons (Fsp3) is 0.385. The van der Waals surface area contributed by atoms with E-state index in [1.807, 2.05) is 18.2 Å². The number of aliphatic imine (C=N–C) groups is 1. The Balaban J connectivity index is 2.10. The largest absolute Gasteiger partial charge is 0.345 e. The second-order valence-corrected chi connectivity index (χ2v) is 9.06. The van der Waals surface area contributed by atoms with Crippen LogP contribution in [0.15, 0.2) is 58.1 Å². The summed E-state index contributed by atoms with van der Waals surface area (Å²) in [6.07, 6.45) is 11.2. The molecule has 1 heterocycles. The highest BCUT2D eigenvalue weighted by molar-refractivity contribution is 9.12. The molecule has 0 saturated heterocycles. The monoisotopic (exact) mass is 483 g/mol. The molecule has 0 fully saturated rings. The first-order chi connectivity index (χ1) is 14.6. The Morgan fingerprint density at radius 1 is 1.29 bits per heavy atom. The zero-order valence-corrected chi connectivity index (χ0v) is 21.2. The van der Waals surface area contributed by atoms with Gasteiger partial charge in [0, 0.05) is 56.5 Å². The van der Waals surface area contributed by atoms with Gasteiger partial charge in [-0.2, -0.15) is 0 Å². The third kappa shape index (κ3) is 6.62. The van der Waals surface area contributed by atoms with Crippen molar-refractivity contribution in [2.24, 2.45) is 4.99 Å². The van der Waals surface area contributed by atoms with E-state index < -0.39 is 0 Å². The van der Waals surface area contributed by atoms with Gasteiger partial charge in [0.25, 0.3) is 5.91 Å². The van der Waals surface area contributed by atoms with Gasteiger partial charge in [-0.05, 0) is 73.2 Å². The summed E-state index contributed by atoms with van der Waals surface area (Å²) in [5.41, 5.74) is 6.69. The van der Waals surface area contributed by atoms with Crippen LogP contribution in [0.25, 0.3) is 5.57 Å². The molecule has 0 aliphatic carbocycles. The molecule has 166 valence electrons. The molecule has 1 aromatic rings. The summed E-state index contributed by atoms with van der Waals surface area (Å²) >= 11 is 3.53. The molecule has 0 radical (unpaired) electrons. The average molecular weight is 484 g/mol. The summed E-state index contributed by atoms with van der Waals surface area (Å²) in [5.74, 6) is 0.0483. The fourth-order valence-electron chi connectivity index (χ4n) is 3.84. The first kappa shape index (κ1) is 25.0. The SMILES string of the molecule is C=C(/C=C/C(C)N1CC=C(c2c(C)cc(C(=O)N(C)C)cc2C)CC1)/C(Br)=C\C=NC. The van der Waals surface area contributed by atoms with Gasteiger partial charge in [-0.1, -0.05) is 40.7 Å². The van der Waals surface area contributed by atoms with Crippen molar-refractivity contribution in [2.75, 3.05) is 34.2 Å². The van der Waals surface area contributed by atoms with E-state index in [1.54, 1.807) is 32.3 Å². The highest BCUT2D eigenvalue weighted by Crippen LogP contribution is 2.30. The van der Waals surface area contributed by atoms with Gasteiger partial charge in [0.2, 0.25) is 0 Å². The van der Waals surface area contributed by atoms with Crippen LogP contribution in [0.1, 0.15) is 40.4 Å². The minimum atomic E-state index is 0.0483. The molecule has 1 amide bonds. The third-order valence-corrected chi connectivity index (χ3v) is 6.35. The Hall–Kier alpha value is -2.24. The van der Waals surface area contributed by atoms with E-state index in [4.69, 9.17) is 0 Å². The molecule has 4 nitrogen and oxygen atoms in total. The standard InChI is InChI=1S/C26H34BrN3O/c1-18(24(27)10-13-28-5)8-9-21(4)30-14-11-22(12-15-30)25-19(2)16-23(17-20(25)3)26(31)29(6)7/h8-11,13,16-17,21H,1,12,14-15H2,2-7H3/b9-8+,24-10+,28-13?. The Kier molecular flexibility index (Phi) is 9.20. The lowest BCUT2D eigenvalue weighted by atomic mass is 9.89. The lowest BCUT2D eigenvalue weighted by Gasteiger charge is -2.31. The van der Waals surface area contributed by atoms with Crippen LogP contribution in [-0.4, -0.2) is 62.2 Å². The number of rotatable bonds is 7. The van der Waals surface area contributed by atoms with Gasteiger partial charge in [0.15, 0.2) is 0 Å². The molecule has 2 rings (SSSR count). The number of carbonyl (C=O) groups is 1. The summed E-state index contributed by atoms with van der Waals surface area (Å²) in [5, 5.41) is 0. The molecule has 1 atom stereocenters. The van der Waals surface area contributed by atoms with Crippen LogP contribution < -0.4 is 0 Å². The number of carbonyl (C=O) groups excluding carboxylic acids is 1. The molecule has 1 aliphatic heterocycles. The highest BCUT2D eigenvalue weighted by atomic mass is 79.9. The minimum absolute atomic E-state index is 0.0483. The maximum atomic E-state index is 12.3. The number of hydrogen-bond donors (Lipinski definition) is 0. The number of allylic oxidation sites excluding steroid dienone is 4. The normalized spacial score (nSPS) is 16.6. The predicted molar refractivity (Wildman–Crippen MR) is 137 cm³/mol. The number of amides is 1. The quantitative estimate of drug-likeness (QED) is 0.375. The molecule has 0 saturated carbocycles. The summed E-state index contributed by atoms with van der Waals surface area (Å²) in [4.78, 5) is 20.4. The van der Waals surface area contributed by atoms with Gasteiger partial charge in [-0.15, -0.1) is 0 Å². The molecule has 1 aromatic carbocycles. The van der Waals surface area contributed by atoms with Gasteiger partial charge >= 0.3 is 0 Å². The molecule has 0 bridgehead atoms. The topological polar surface area (TPSA) is 35.9 Å². The van der Waals surface area contributed by atoms with Crippen LogP contribution in [0.3, 0.4) is 0 Å². The molecule has 1 unspecified atom stereocenters. The molecule has 1 aliphatic rings. The van der Waals surface area contributed by atoms with E-state index in [9.17, 15) is 4.79 Å². The number of hydrogen-bond acceptors (Lipinski definition) is 3. The van der Waals surface area contributed by atoms with Crippen molar-refractivity contribution in [2.45, 2.75) is 33.2 Å². The van der Waals surface area contributed by atoms with Gasteiger partial charge in [0.1, 0.15) is 0 Å². The number of halogens is 1. The molecule has 0 spiro atoms. The van der Waals surface area contributed by atoms with Crippen molar-refractivity contribution in [1.82, 2.24) is 9.80 Å². The Labute approximate surface area is 195 Å². The first-order valence-electron chi connectivity index (χ1n) is 10.6. The van der Waals surface area contributed by atoms with Crippen LogP contribution in [0.2, 0.25) is 0 Å². The smallest absolute Gasteiger partial charge is 0.253 e. The minimum Gasteiger partial charge on any atom is -0.345 e. The molecule has 31 heavy (non-hydrogen) atoms. The predicted octanol–water partition coefficient (Wildman–Crippen LogP) is 5.57. The van der Waals surface area contributed by atoms with Crippen LogP contribution in [-0.2, 0) is 0 Å². The average Bonchev–Trinajstić information content (AvgIpc) is 2.74. The van der Waals surface area contributed by atoms with Gasteiger partial charge < -0.3 is 4.90 Å². The summed E-state index contributed by atoms with van der Waals surface area (Å²) < 4.78 is 0.935. The summed E-state index contributed by atoms with van der Waals surface area (Å²) in [7, 11) is 5.33. The van der Waals surface area contributed by atoms with E-state index >= 15 is 0 Å². The van der Waals surface area contributed by atoms with Crippen molar-refractivity contribution < 1.29 is 4.79 Å². The van der Waals surface area contributed by atoms with Crippen LogP contribution in [0.5, 0.6) is 0 Å². The number of nitrogens with zero attached hydrogens (tertiary/aromatic N) is 3. The molecular formula is C26H34BrN3O. The zero-order valence-electron chi connectivity index (χ0n) is 19.6. The Morgan fingerprint density at radius 2 is 1.94 bits per heavy atom. The number of aryl methyl sites for hydroxylation is 2. The van der Waals surface area contributed by atoms with Crippen molar-refractivity contribution in [3.8, 4) is 0 Å². The molecule has 0 N–H and O–H groups in total. The maximum absolute atomic E-state index is 12.3. The lowest BCUT2D eigenvalue weighted by Crippen LogP contribution is -2.35. The van der Waals surface area contributed by atoms with Gasteiger partial charge in [-0.25, -0.2) is 0 Å². The van der Waals surface area contributed by atoms with Gasteiger partial charge in [0.05, 0.1) is 0 Å². The summed E-state index contributed by atoms with van der Waals surface area (Å²) in [6.45, 7) is 12.4. The van der Waals surface area contributed by atoms with E-state index in [0.29, 0.717) is 6.04 Å².